The zero-order valence-corrected chi connectivity index (χ0v) is 15.9. The summed E-state index contributed by atoms with van der Waals surface area (Å²) >= 11 is 12.3. The molecule has 0 radical (unpaired) electrons. The Morgan fingerprint density at radius 2 is 1.85 bits per heavy atom. The summed E-state index contributed by atoms with van der Waals surface area (Å²) < 4.78 is 0.249. The van der Waals surface area contributed by atoms with Crippen LogP contribution in [0.25, 0.3) is 6.08 Å². The van der Waals surface area contributed by atoms with Gasteiger partial charge in [0.2, 0.25) is 0 Å². The number of thiocarbonyl (C=S) groups is 1. The first kappa shape index (κ1) is 18.6. The molecule has 1 atom stereocenters. The van der Waals surface area contributed by atoms with E-state index in [1.807, 2.05) is 30.3 Å². The number of carbonyl (C=O) groups excluding carboxylic acids is 1. The van der Waals surface area contributed by atoms with Gasteiger partial charge in [0, 0.05) is 11.4 Å². The molecule has 2 aromatic rings. The van der Waals surface area contributed by atoms with Crippen molar-refractivity contribution >= 4 is 57.9 Å². The van der Waals surface area contributed by atoms with Crippen molar-refractivity contribution in [3.63, 3.8) is 0 Å². The van der Waals surface area contributed by atoms with Crippen molar-refractivity contribution in [1.29, 1.82) is 0 Å². The third-order valence-electron chi connectivity index (χ3n) is 3.86. The highest BCUT2D eigenvalue weighted by Gasteiger charge is 2.40. The number of carboxylic acid groups (broad SMARTS) is 1. The predicted octanol–water partition coefficient (Wildman–Crippen LogP) is 4.24. The number of amides is 1. The standard InChI is InChI=1S/C19H14ClNO3S2/c20-14-8-6-13(7-9-14)11-16-17(22)21(19(25)26-16)15(18(23)24)10-12-4-2-1-3-5-12/h1-9,11,15H,10H2,(H,23,24)/b16-11+/t15-/m0/s1. The molecule has 1 N–H and O–H groups in total. The molecule has 3 rings (SSSR count). The highest BCUT2D eigenvalue weighted by molar-refractivity contribution is 8.26. The van der Waals surface area contributed by atoms with Crippen molar-refractivity contribution in [1.82, 2.24) is 4.90 Å². The minimum absolute atomic E-state index is 0.191. The van der Waals surface area contributed by atoms with E-state index in [1.165, 1.54) is 4.90 Å². The van der Waals surface area contributed by atoms with E-state index in [-0.39, 0.29) is 10.7 Å². The first-order chi connectivity index (χ1) is 12.5. The van der Waals surface area contributed by atoms with Gasteiger partial charge in [0.05, 0.1) is 4.91 Å². The molecule has 1 heterocycles. The summed E-state index contributed by atoms with van der Waals surface area (Å²) in [5.74, 6) is -1.48. The minimum atomic E-state index is -1.09. The van der Waals surface area contributed by atoms with Gasteiger partial charge in [-0.15, -0.1) is 0 Å². The van der Waals surface area contributed by atoms with Gasteiger partial charge in [-0.05, 0) is 29.3 Å². The summed E-state index contributed by atoms with van der Waals surface area (Å²) in [7, 11) is 0. The highest BCUT2D eigenvalue weighted by Crippen LogP contribution is 2.34. The Bertz CT molecular complexity index is 881. The van der Waals surface area contributed by atoms with Gasteiger partial charge in [-0.1, -0.05) is 78.0 Å². The van der Waals surface area contributed by atoms with Crippen LogP contribution in [-0.4, -0.2) is 32.2 Å². The SMILES string of the molecule is O=C(O)[C@H](Cc1ccccc1)N1C(=O)/C(=C\c2ccc(Cl)cc2)SC1=S. The van der Waals surface area contributed by atoms with E-state index in [1.54, 1.807) is 30.3 Å². The van der Waals surface area contributed by atoms with Gasteiger partial charge in [0.25, 0.3) is 5.91 Å². The number of nitrogens with zero attached hydrogens (tertiary/aromatic N) is 1. The summed E-state index contributed by atoms with van der Waals surface area (Å²) in [4.78, 5) is 26.2. The van der Waals surface area contributed by atoms with Gasteiger partial charge in [-0.2, -0.15) is 0 Å². The maximum absolute atomic E-state index is 12.8. The molecule has 132 valence electrons. The molecule has 1 fully saturated rings. The molecule has 1 saturated heterocycles. The Kier molecular flexibility index (Phi) is 5.76. The first-order valence-electron chi connectivity index (χ1n) is 7.75. The van der Waals surface area contributed by atoms with E-state index in [0.29, 0.717) is 9.93 Å². The zero-order valence-electron chi connectivity index (χ0n) is 13.5. The van der Waals surface area contributed by atoms with Crippen molar-refractivity contribution in [3.05, 3.63) is 75.7 Å². The Balaban J connectivity index is 1.86. The highest BCUT2D eigenvalue weighted by atomic mass is 35.5. The number of halogens is 1. The Morgan fingerprint density at radius 1 is 1.19 bits per heavy atom. The van der Waals surface area contributed by atoms with Crippen LogP contribution in [0.1, 0.15) is 11.1 Å². The normalized spacial score (nSPS) is 17.0. The molecule has 1 aliphatic rings. The summed E-state index contributed by atoms with van der Waals surface area (Å²) in [6.45, 7) is 0. The molecule has 7 heteroatoms. The van der Waals surface area contributed by atoms with Gasteiger partial charge in [0.15, 0.2) is 0 Å². The maximum Gasteiger partial charge on any atom is 0.327 e. The molecule has 2 aromatic carbocycles. The van der Waals surface area contributed by atoms with Gasteiger partial charge in [-0.25, -0.2) is 4.79 Å². The van der Waals surface area contributed by atoms with E-state index in [0.717, 1.165) is 22.9 Å². The molecule has 0 bridgehead atoms. The second-order valence-electron chi connectivity index (χ2n) is 5.65. The lowest BCUT2D eigenvalue weighted by Crippen LogP contribution is -2.45. The van der Waals surface area contributed by atoms with E-state index in [2.05, 4.69) is 0 Å². The average Bonchev–Trinajstić information content (AvgIpc) is 2.89. The van der Waals surface area contributed by atoms with Gasteiger partial charge >= 0.3 is 5.97 Å². The molecule has 0 unspecified atom stereocenters. The van der Waals surface area contributed by atoms with E-state index < -0.39 is 17.9 Å². The van der Waals surface area contributed by atoms with Crippen LogP contribution in [0.5, 0.6) is 0 Å². The number of hydrogen-bond donors (Lipinski definition) is 1. The number of aliphatic carboxylic acids is 1. The van der Waals surface area contributed by atoms with Crippen LogP contribution in [0, 0.1) is 0 Å². The molecular weight excluding hydrogens is 390 g/mol. The number of carboxylic acids is 1. The molecule has 0 spiro atoms. The van der Waals surface area contributed by atoms with Crippen molar-refractivity contribution in [2.45, 2.75) is 12.5 Å². The molecular formula is C19H14ClNO3S2. The van der Waals surface area contributed by atoms with E-state index >= 15 is 0 Å². The van der Waals surface area contributed by atoms with E-state index in [4.69, 9.17) is 23.8 Å². The second kappa shape index (κ2) is 8.03. The summed E-state index contributed by atoms with van der Waals surface area (Å²) in [5, 5.41) is 10.2. The van der Waals surface area contributed by atoms with Crippen LogP contribution in [0.3, 0.4) is 0 Å². The summed E-state index contributed by atoms with van der Waals surface area (Å²) in [5.41, 5.74) is 1.63. The van der Waals surface area contributed by atoms with Crippen LogP contribution >= 0.6 is 35.6 Å². The minimum Gasteiger partial charge on any atom is -0.480 e. The predicted molar refractivity (Wildman–Crippen MR) is 108 cm³/mol. The molecule has 4 nitrogen and oxygen atoms in total. The molecule has 26 heavy (non-hydrogen) atoms. The second-order valence-corrected chi connectivity index (χ2v) is 7.76. The Labute approximate surface area is 165 Å². The van der Waals surface area contributed by atoms with Crippen molar-refractivity contribution in [2.24, 2.45) is 0 Å². The number of benzene rings is 2. The van der Waals surface area contributed by atoms with Gasteiger partial charge in [0.1, 0.15) is 10.4 Å². The third kappa shape index (κ3) is 4.15. The molecule has 1 amide bonds. The number of carbonyl (C=O) groups is 2. The molecule has 0 aliphatic carbocycles. The van der Waals surface area contributed by atoms with Crippen molar-refractivity contribution in [2.75, 3.05) is 0 Å². The molecule has 0 aromatic heterocycles. The van der Waals surface area contributed by atoms with Crippen LogP contribution in [-0.2, 0) is 16.0 Å². The van der Waals surface area contributed by atoms with Crippen LogP contribution in [0.2, 0.25) is 5.02 Å². The topological polar surface area (TPSA) is 57.6 Å². The van der Waals surface area contributed by atoms with Crippen LogP contribution < -0.4 is 0 Å². The quantitative estimate of drug-likeness (QED) is 0.597. The third-order valence-corrected chi connectivity index (χ3v) is 5.44. The fourth-order valence-electron chi connectivity index (χ4n) is 2.59. The maximum atomic E-state index is 12.8. The summed E-state index contributed by atoms with van der Waals surface area (Å²) in [6, 6.07) is 15.2. The first-order valence-corrected chi connectivity index (χ1v) is 9.35. The number of rotatable bonds is 5. The lowest BCUT2D eigenvalue weighted by molar-refractivity contribution is -0.145. The Morgan fingerprint density at radius 3 is 2.46 bits per heavy atom. The largest absolute Gasteiger partial charge is 0.480 e. The fourth-order valence-corrected chi connectivity index (χ4v) is 4.07. The lowest BCUT2D eigenvalue weighted by atomic mass is 10.0. The van der Waals surface area contributed by atoms with E-state index in [9.17, 15) is 14.7 Å². The average molecular weight is 404 g/mol. The van der Waals surface area contributed by atoms with Gasteiger partial charge in [-0.3, -0.25) is 9.69 Å². The monoisotopic (exact) mass is 403 g/mol. The van der Waals surface area contributed by atoms with Crippen LogP contribution in [0.4, 0.5) is 0 Å². The zero-order chi connectivity index (χ0) is 18.7. The molecule has 0 saturated carbocycles. The Hall–Kier alpha value is -2.15. The number of thioether (sulfide) groups is 1. The summed E-state index contributed by atoms with van der Waals surface area (Å²) in [6.07, 6.45) is 1.88. The number of hydrogen-bond acceptors (Lipinski definition) is 4. The smallest absolute Gasteiger partial charge is 0.327 e. The fraction of sp³-hybridized carbons (Fsp3) is 0.105. The molecule has 1 aliphatic heterocycles. The lowest BCUT2D eigenvalue weighted by Gasteiger charge is -2.23. The van der Waals surface area contributed by atoms with Crippen molar-refractivity contribution < 1.29 is 14.7 Å². The van der Waals surface area contributed by atoms with Gasteiger partial charge < -0.3 is 5.11 Å². The van der Waals surface area contributed by atoms with Crippen LogP contribution in [0.15, 0.2) is 59.5 Å². The van der Waals surface area contributed by atoms with Crippen molar-refractivity contribution in [3.8, 4) is 0 Å².